The maximum atomic E-state index is 10.6. The minimum absolute atomic E-state index is 0.206. The quantitative estimate of drug-likeness (QED) is 0.119. The summed E-state index contributed by atoms with van der Waals surface area (Å²) in [5.41, 5.74) is 7.69. The highest BCUT2D eigenvalue weighted by Gasteiger charge is 2.16. The van der Waals surface area contributed by atoms with Crippen molar-refractivity contribution in [1.82, 2.24) is 9.13 Å². The van der Waals surface area contributed by atoms with Gasteiger partial charge >= 0.3 is 0 Å². The molecule has 0 saturated carbocycles. The average Bonchev–Trinajstić information content (AvgIpc) is 3.75. The molecule has 9 heteroatoms. The van der Waals surface area contributed by atoms with E-state index in [1.807, 2.05) is 84.9 Å². The van der Waals surface area contributed by atoms with Crippen LogP contribution in [-0.4, -0.2) is 32.6 Å². The van der Waals surface area contributed by atoms with Gasteiger partial charge in [-0.2, -0.15) is 0 Å². The molecule has 8 aromatic carbocycles. The third-order valence-corrected chi connectivity index (χ3v) is 12.1. The van der Waals surface area contributed by atoms with Crippen LogP contribution < -0.4 is 9.47 Å². The molecule has 0 bridgehead atoms. The summed E-state index contributed by atoms with van der Waals surface area (Å²) in [6.07, 6.45) is 0. The smallest absolute Gasteiger partial charge is 0.128 e. The number of ether oxygens (including phenoxy) is 3. The maximum Gasteiger partial charge on any atom is 0.128 e. The first-order chi connectivity index (χ1) is 29.9. The van der Waals surface area contributed by atoms with E-state index in [4.69, 9.17) is 14.2 Å². The van der Waals surface area contributed by atoms with E-state index in [2.05, 4.69) is 102 Å². The lowest BCUT2D eigenvalue weighted by Crippen LogP contribution is -2.10. The fraction of sp³-hybridized carbons (Fsp3) is 0.0769. The minimum atomic E-state index is 0.206. The summed E-state index contributed by atoms with van der Waals surface area (Å²) in [5, 5.41) is 25.6. The Hall–Kier alpha value is -6.52. The summed E-state index contributed by atoms with van der Waals surface area (Å²) in [6, 6.07) is 55.4. The van der Waals surface area contributed by atoms with Crippen molar-refractivity contribution in [1.29, 1.82) is 0 Å². The van der Waals surface area contributed by atoms with E-state index in [-0.39, 0.29) is 11.5 Å². The molecule has 61 heavy (non-hydrogen) atoms. The van der Waals surface area contributed by atoms with Crippen molar-refractivity contribution in [2.45, 2.75) is 13.1 Å². The molecule has 7 nitrogen and oxygen atoms in total. The highest BCUT2D eigenvalue weighted by molar-refractivity contribution is 9.10. The Morgan fingerprint density at radius 1 is 0.393 bits per heavy atom. The van der Waals surface area contributed by atoms with Gasteiger partial charge < -0.3 is 33.6 Å². The zero-order chi connectivity index (χ0) is 41.5. The summed E-state index contributed by atoms with van der Waals surface area (Å²) in [7, 11) is 0. The highest BCUT2D eigenvalue weighted by atomic mass is 79.9. The number of hydrogen-bond acceptors (Lipinski definition) is 5. The van der Waals surface area contributed by atoms with Crippen molar-refractivity contribution in [2.24, 2.45) is 0 Å². The number of halogens is 2. The Labute approximate surface area is 368 Å². The highest BCUT2D eigenvalue weighted by Crippen LogP contribution is 2.40. The molecule has 0 aliphatic carbocycles. The minimum Gasteiger partial charge on any atom is -0.507 e. The third kappa shape index (κ3) is 7.72. The topological polar surface area (TPSA) is 78.0 Å². The fourth-order valence-corrected chi connectivity index (χ4v) is 8.98. The number of hydrogen-bond donors (Lipinski definition) is 2. The Kier molecular flexibility index (Phi) is 10.5. The van der Waals surface area contributed by atoms with Crippen LogP contribution in [-0.2, 0) is 17.8 Å². The van der Waals surface area contributed by atoms with E-state index in [0.717, 1.165) is 74.8 Å². The van der Waals surface area contributed by atoms with Crippen LogP contribution in [0.15, 0.2) is 179 Å². The summed E-state index contributed by atoms with van der Waals surface area (Å²) in [5.74, 6) is 3.12. The molecule has 0 amide bonds. The molecule has 0 spiro atoms. The Morgan fingerprint density at radius 3 is 1.18 bits per heavy atom. The number of nitrogens with zero attached hydrogens (tertiary/aromatic N) is 2. The van der Waals surface area contributed by atoms with Gasteiger partial charge in [-0.1, -0.05) is 92.5 Å². The fourth-order valence-electron chi connectivity index (χ4n) is 8.26. The molecular weight excluding hydrogens is 892 g/mol. The second-order valence-electron chi connectivity index (χ2n) is 14.9. The normalized spacial score (nSPS) is 11.6. The van der Waals surface area contributed by atoms with Crippen LogP contribution in [0.5, 0.6) is 34.5 Å². The van der Waals surface area contributed by atoms with Gasteiger partial charge in [0.05, 0.1) is 13.2 Å². The number of aromatic hydroxyl groups is 2. The lowest BCUT2D eigenvalue weighted by Gasteiger charge is -2.12. The van der Waals surface area contributed by atoms with Gasteiger partial charge in [-0.3, -0.25) is 0 Å². The Balaban J connectivity index is 0.863. The molecule has 0 aliphatic rings. The molecule has 0 unspecified atom stereocenters. The third-order valence-electron chi connectivity index (χ3n) is 11.1. The van der Waals surface area contributed by atoms with E-state index in [0.29, 0.717) is 49.3 Å². The molecule has 0 atom stereocenters. The van der Waals surface area contributed by atoms with Crippen LogP contribution in [0.25, 0.3) is 65.9 Å². The number of benzene rings is 8. The maximum absolute atomic E-state index is 10.6. The first-order valence-corrected chi connectivity index (χ1v) is 21.6. The summed E-state index contributed by atoms with van der Waals surface area (Å²) >= 11 is 7.38. The van der Waals surface area contributed by atoms with E-state index < -0.39 is 0 Å². The average molecular weight is 931 g/mol. The monoisotopic (exact) mass is 928 g/mol. The Bertz CT molecular complexity index is 3020. The molecule has 2 heterocycles. The van der Waals surface area contributed by atoms with E-state index in [9.17, 15) is 10.2 Å². The van der Waals surface area contributed by atoms with Crippen molar-refractivity contribution < 1.29 is 24.4 Å². The van der Waals surface area contributed by atoms with Gasteiger partial charge in [-0.05, 0) is 120 Å². The lowest BCUT2D eigenvalue weighted by molar-refractivity contribution is 0.121. The van der Waals surface area contributed by atoms with Gasteiger partial charge in [0, 0.05) is 76.8 Å². The molecule has 300 valence electrons. The van der Waals surface area contributed by atoms with E-state index in [1.165, 1.54) is 0 Å². The van der Waals surface area contributed by atoms with Crippen LogP contribution in [0.2, 0.25) is 0 Å². The van der Waals surface area contributed by atoms with Crippen LogP contribution in [0, 0.1) is 0 Å². The summed E-state index contributed by atoms with van der Waals surface area (Å²) in [6.45, 7) is 2.40. The Morgan fingerprint density at radius 2 is 0.754 bits per heavy atom. The van der Waals surface area contributed by atoms with Crippen molar-refractivity contribution in [2.75, 3.05) is 13.2 Å². The van der Waals surface area contributed by atoms with Gasteiger partial charge in [-0.25, -0.2) is 0 Å². The van der Waals surface area contributed by atoms with Crippen molar-refractivity contribution in [3.63, 3.8) is 0 Å². The molecule has 0 aliphatic heterocycles. The number of phenols is 2. The van der Waals surface area contributed by atoms with Gasteiger partial charge in [-0.15, -0.1) is 0 Å². The molecule has 0 saturated heterocycles. The SMILES string of the molecule is Oc1ccc(Oc2ccc3c(c2)c2cc(Br)ccc2n3CCOCCn2c3ccc(Br)cc3c3cc(Oc4ccc(O)c(-c5ccccc5)c4)ccc32)cc1-c1ccccc1. The molecule has 0 fully saturated rings. The van der Waals surface area contributed by atoms with Crippen molar-refractivity contribution in [3.8, 4) is 56.8 Å². The van der Waals surface area contributed by atoms with Crippen molar-refractivity contribution >= 4 is 75.5 Å². The van der Waals surface area contributed by atoms with Crippen molar-refractivity contribution in [3.05, 3.63) is 179 Å². The first kappa shape index (κ1) is 38.7. The summed E-state index contributed by atoms with van der Waals surface area (Å²) < 4.78 is 25.8. The van der Waals surface area contributed by atoms with Crippen LogP contribution in [0.4, 0.5) is 0 Å². The van der Waals surface area contributed by atoms with Crippen LogP contribution >= 0.6 is 31.9 Å². The largest absolute Gasteiger partial charge is 0.507 e. The van der Waals surface area contributed by atoms with Crippen LogP contribution in [0.3, 0.4) is 0 Å². The zero-order valence-electron chi connectivity index (χ0n) is 32.8. The number of phenolic OH excluding ortho intramolecular Hbond substituents is 2. The van der Waals surface area contributed by atoms with E-state index in [1.54, 1.807) is 24.3 Å². The van der Waals surface area contributed by atoms with Gasteiger partial charge in [0.25, 0.3) is 0 Å². The van der Waals surface area contributed by atoms with Gasteiger partial charge in [0.15, 0.2) is 0 Å². The molecule has 10 aromatic rings. The number of rotatable bonds is 12. The second kappa shape index (κ2) is 16.5. The number of fused-ring (bicyclic) bond motifs is 6. The molecule has 2 aromatic heterocycles. The zero-order valence-corrected chi connectivity index (χ0v) is 35.9. The lowest BCUT2D eigenvalue weighted by atomic mass is 10.0. The first-order valence-electron chi connectivity index (χ1n) is 20.0. The van der Waals surface area contributed by atoms with E-state index >= 15 is 0 Å². The predicted octanol–water partition coefficient (Wildman–Crippen LogP) is 14.5. The van der Waals surface area contributed by atoms with Gasteiger partial charge in [0.1, 0.15) is 34.5 Å². The molecular formula is C52H38Br2N2O5. The number of aromatic nitrogens is 2. The second-order valence-corrected chi connectivity index (χ2v) is 16.7. The predicted molar refractivity (Wildman–Crippen MR) is 252 cm³/mol. The summed E-state index contributed by atoms with van der Waals surface area (Å²) in [4.78, 5) is 0. The molecule has 10 rings (SSSR count). The standard InChI is InChI=1S/C52H38Br2N2O5/c53-35-11-17-47-43(27-35)45-31-37(60-39-15-21-51(57)41(29-39)33-7-3-1-4-8-33)13-19-49(45)55(47)23-25-59-26-24-56-48-18-12-36(54)28-44(48)46-32-38(14-20-50(46)56)61-40-16-22-52(58)42(30-40)34-9-5-2-6-10-34/h1-22,27-32,57-58H,23-26H2. The molecule has 0 radical (unpaired) electrons. The van der Waals surface area contributed by atoms with Crippen LogP contribution in [0.1, 0.15) is 0 Å². The van der Waals surface area contributed by atoms with Gasteiger partial charge in [0.2, 0.25) is 0 Å². The molecule has 2 N–H and O–H groups in total.